The molecule has 0 unspecified atom stereocenters. The molecule has 1 aromatic carbocycles. The summed E-state index contributed by atoms with van der Waals surface area (Å²) in [6.07, 6.45) is 1.15. The summed E-state index contributed by atoms with van der Waals surface area (Å²) >= 11 is 0. The first kappa shape index (κ1) is 12.0. The quantitative estimate of drug-likeness (QED) is 0.671. The number of rotatable bonds is 4. The van der Waals surface area contributed by atoms with Crippen molar-refractivity contribution in [1.82, 2.24) is 0 Å². The molecule has 0 spiro atoms. The highest BCUT2D eigenvalue weighted by atomic mass is 14.1. The SMILES string of the molecule is C=C(c1cccc(CC(C)C)c1)C(C)C. The van der Waals surface area contributed by atoms with Crippen LogP contribution < -0.4 is 0 Å². The van der Waals surface area contributed by atoms with E-state index in [0.29, 0.717) is 11.8 Å². The molecular formula is C15H22. The Morgan fingerprint density at radius 1 is 1.20 bits per heavy atom. The summed E-state index contributed by atoms with van der Waals surface area (Å²) in [5, 5.41) is 0. The van der Waals surface area contributed by atoms with Crippen LogP contribution in [0.1, 0.15) is 38.8 Å². The Balaban J connectivity index is 2.87. The molecule has 1 aromatic rings. The van der Waals surface area contributed by atoms with Gasteiger partial charge in [0.2, 0.25) is 0 Å². The molecule has 1 rings (SSSR count). The van der Waals surface area contributed by atoms with Crippen LogP contribution in [0.25, 0.3) is 5.57 Å². The molecule has 0 nitrogen and oxygen atoms in total. The summed E-state index contributed by atoms with van der Waals surface area (Å²) in [4.78, 5) is 0. The Bertz CT molecular complexity index is 332. The average molecular weight is 202 g/mol. The standard InChI is InChI=1S/C15H22/c1-11(2)9-14-7-6-8-15(10-14)13(5)12(3)4/h6-8,10-12H,5,9H2,1-4H3. The van der Waals surface area contributed by atoms with E-state index in [9.17, 15) is 0 Å². The lowest BCUT2D eigenvalue weighted by atomic mass is 9.94. The van der Waals surface area contributed by atoms with Gasteiger partial charge in [-0.1, -0.05) is 58.5 Å². The second-order valence-electron chi connectivity index (χ2n) is 4.98. The van der Waals surface area contributed by atoms with Gasteiger partial charge >= 0.3 is 0 Å². The molecule has 15 heavy (non-hydrogen) atoms. The molecule has 0 fully saturated rings. The van der Waals surface area contributed by atoms with E-state index < -0.39 is 0 Å². The third-order valence-corrected chi connectivity index (χ3v) is 2.64. The third kappa shape index (κ3) is 3.54. The molecule has 0 bridgehead atoms. The summed E-state index contributed by atoms with van der Waals surface area (Å²) < 4.78 is 0. The second kappa shape index (κ2) is 5.16. The minimum absolute atomic E-state index is 0.527. The van der Waals surface area contributed by atoms with Crippen LogP contribution in [0.3, 0.4) is 0 Å². The molecule has 0 aliphatic carbocycles. The molecule has 0 aliphatic heterocycles. The van der Waals surface area contributed by atoms with Gasteiger partial charge in [0.05, 0.1) is 0 Å². The number of hydrogen-bond acceptors (Lipinski definition) is 0. The van der Waals surface area contributed by atoms with Crippen LogP contribution in [0, 0.1) is 11.8 Å². The monoisotopic (exact) mass is 202 g/mol. The van der Waals surface area contributed by atoms with Crippen molar-refractivity contribution >= 4 is 5.57 Å². The normalized spacial score (nSPS) is 11.1. The molecule has 0 atom stereocenters. The highest BCUT2D eigenvalue weighted by molar-refractivity contribution is 5.65. The Morgan fingerprint density at radius 3 is 2.40 bits per heavy atom. The lowest BCUT2D eigenvalue weighted by molar-refractivity contribution is 0.647. The summed E-state index contributed by atoms with van der Waals surface area (Å²) in [5.74, 6) is 1.24. The lowest BCUT2D eigenvalue weighted by Gasteiger charge is -2.12. The zero-order chi connectivity index (χ0) is 11.4. The maximum atomic E-state index is 4.14. The molecule has 0 aromatic heterocycles. The zero-order valence-corrected chi connectivity index (χ0v) is 10.4. The van der Waals surface area contributed by atoms with Crippen molar-refractivity contribution in [2.24, 2.45) is 11.8 Å². The van der Waals surface area contributed by atoms with E-state index in [4.69, 9.17) is 0 Å². The van der Waals surface area contributed by atoms with Crippen LogP contribution in [0.15, 0.2) is 30.8 Å². The Morgan fingerprint density at radius 2 is 1.87 bits per heavy atom. The fourth-order valence-corrected chi connectivity index (χ4v) is 1.70. The van der Waals surface area contributed by atoms with Crippen molar-refractivity contribution in [3.63, 3.8) is 0 Å². The van der Waals surface area contributed by atoms with Gasteiger partial charge in [0.15, 0.2) is 0 Å². The summed E-state index contributed by atoms with van der Waals surface area (Å²) in [7, 11) is 0. The van der Waals surface area contributed by atoms with Gasteiger partial charge in [0.1, 0.15) is 0 Å². The lowest BCUT2D eigenvalue weighted by Crippen LogP contribution is -1.97. The third-order valence-electron chi connectivity index (χ3n) is 2.64. The number of hydrogen-bond donors (Lipinski definition) is 0. The van der Waals surface area contributed by atoms with E-state index in [0.717, 1.165) is 6.42 Å². The first-order valence-electron chi connectivity index (χ1n) is 5.78. The molecule has 0 saturated heterocycles. The Labute approximate surface area is 94.0 Å². The topological polar surface area (TPSA) is 0 Å². The van der Waals surface area contributed by atoms with Gasteiger partial charge in [0.25, 0.3) is 0 Å². The van der Waals surface area contributed by atoms with Gasteiger partial charge < -0.3 is 0 Å². The maximum Gasteiger partial charge on any atom is -0.0219 e. The maximum absolute atomic E-state index is 4.14. The summed E-state index contributed by atoms with van der Waals surface area (Å²) in [6.45, 7) is 13.0. The second-order valence-corrected chi connectivity index (χ2v) is 4.98. The summed E-state index contributed by atoms with van der Waals surface area (Å²) in [5.41, 5.74) is 3.95. The van der Waals surface area contributed by atoms with E-state index in [-0.39, 0.29) is 0 Å². The van der Waals surface area contributed by atoms with E-state index in [1.54, 1.807) is 0 Å². The number of benzene rings is 1. The molecule has 0 N–H and O–H groups in total. The molecule has 82 valence electrons. The summed E-state index contributed by atoms with van der Waals surface area (Å²) in [6, 6.07) is 8.78. The fraction of sp³-hybridized carbons (Fsp3) is 0.467. The van der Waals surface area contributed by atoms with Crippen LogP contribution in [-0.4, -0.2) is 0 Å². The highest BCUT2D eigenvalue weighted by Crippen LogP contribution is 2.22. The van der Waals surface area contributed by atoms with E-state index in [2.05, 4.69) is 58.5 Å². The van der Waals surface area contributed by atoms with E-state index in [1.165, 1.54) is 16.7 Å². The van der Waals surface area contributed by atoms with Crippen molar-refractivity contribution in [2.75, 3.05) is 0 Å². The van der Waals surface area contributed by atoms with Crippen molar-refractivity contribution < 1.29 is 0 Å². The van der Waals surface area contributed by atoms with E-state index >= 15 is 0 Å². The number of allylic oxidation sites excluding steroid dienone is 1. The van der Waals surface area contributed by atoms with Crippen LogP contribution in [-0.2, 0) is 6.42 Å². The molecule has 0 saturated carbocycles. The molecule has 0 radical (unpaired) electrons. The van der Waals surface area contributed by atoms with Gasteiger partial charge in [-0.2, -0.15) is 0 Å². The smallest absolute Gasteiger partial charge is 0.0219 e. The van der Waals surface area contributed by atoms with Crippen molar-refractivity contribution in [3.8, 4) is 0 Å². The minimum Gasteiger partial charge on any atom is -0.0950 e. The molecule has 0 amide bonds. The largest absolute Gasteiger partial charge is 0.0950 e. The van der Waals surface area contributed by atoms with Crippen molar-refractivity contribution in [1.29, 1.82) is 0 Å². The average Bonchev–Trinajstić information content (AvgIpc) is 2.16. The van der Waals surface area contributed by atoms with Crippen molar-refractivity contribution in [2.45, 2.75) is 34.1 Å². The Kier molecular flexibility index (Phi) is 4.14. The van der Waals surface area contributed by atoms with Crippen LogP contribution in [0.2, 0.25) is 0 Å². The molecule has 0 heteroatoms. The van der Waals surface area contributed by atoms with Crippen molar-refractivity contribution in [3.05, 3.63) is 42.0 Å². The predicted octanol–water partition coefficient (Wildman–Crippen LogP) is 4.55. The predicted molar refractivity (Wildman–Crippen MR) is 68.9 cm³/mol. The highest BCUT2D eigenvalue weighted by Gasteiger charge is 2.05. The minimum atomic E-state index is 0.527. The van der Waals surface area contributed by atoms with Crippen LogP contribution in [0.5, 0.6) is 0 Å². The molecule has 0 heterocycles. The zero-order valence-electron chi connectivity index (χ0n) is 10.4. The van der Waals surface area contributed by atoms with Crippen LogP contribution >= 0.6 is 0 Å². The first-order chi connectivity index (χ1) is 7.00. The molecular weight excluding hydrogens is 180 g/mol. The van der Waals surface area contributed by atoms with Gasteiger partial charge in [-0.05, 0) is 35.0 Å². The van der Waals surface area contributed by atoms with Gasteiger partial charge in [-0.3, -0.25) is 0 Å². The van der Waals surface area contributed by atoms with Gasteiger partial charge in [-0.15, -0.1) is 0 Å². The van der Waals surface area contributed by atoms with E-state index in [1.807, 2.05) is 0 Å². The van der Waals surface area contributed by atoms with Gasteiger partial charge in [0, 0.05) is 0 Å². The fourth-order valence-electron chi connectivity index (χ4n) is 1.70. The first-order valence-corrected chi connectivity index (χ1v) is 5.78. The van der Waals surface area contributed by atoms with Crippen LogP contribution in [0.4, 0.5) is 0 Å². The molecule has 0 aliphatic rings. The Hall–Kier alpha value is -1.04. The van der Waals surface area contributed by atoms with Gasteiger partial charge in [-0.25, -0.2) is 0 Å².